The molecule has 0 spiro atoms. The SMILES string of the molecule is O=C(CC1CCCN1)NCCN1CCN(c2ccc(F)cc2)CC1. The Bertz CT molecular complexity index is 522. The summed E-state index contributed by atoms with van der Waals surface area (Å²) in [6, 6.07) is 7.06. The van der Waals surface area contributed by atoms with Crippen molar-refractivity contribution in [2.24, 2.45) is 0 Å². The number of hydrogen-bond acceptors (Lipinski definition) is 4. The minimum absolute atomic E-state index is 0.152. The monoisotopic (exact) mass is 334 g/mol. The third-order valence-corrected chi connectivity index (χ3v) is 4.91. The van der Waals surface area contributed by atoms with E-state index in [9.17, 15) is 9.18 Å². The first kappa shape index (κ1) is 17.2. The number of rotatable bonds is 6. The van der Waals surface area contributed by atoms with Crippen LogP contribution in [0.5, 0.6) is 0 Å². The first-order chi connectivity index (χ1) is 11.7. The fraction of sp³-hybridized carbons (Fsp3) is 0.611. The molecule has 2 aliphatic heterocycles. The predicted molar refractivity (Wildman–Crippen MR) is 93.7 cm³/mol. The Kier molecular flexibility index (Phi) is 6.04. The molecule has 0 saturated carbocycles. The molecule has 2 saturated heterocycles. The van der Waals surface area contributed by atoms with Crippen molar-refractivity contribution in [1.29, 1.82) is 0 Å². The highest BCUT2D eigenvalue weighted by atomic mass is 19.1. The number of carbonyl (C=O) groups excluding carboxylic acids is 1. The molecule has 1 aromatic rings. The molecular formula is C18H27FN4O. The molecule has 2 aliphatic rings. The van der Waals surface area contributed by atoms with Gasteiger partial charge in [-0.3, -0.25) is 9.69 Å². The summed E-state index contributed by atoms with van der Waals surface area (Å²) in [6.45, 7) is 6.45. The molecule has 1 aromatic carbocycles. The Labute approximate surface area is 143 Å². The zero-order chi connectivity index (χ0) is 16.8. The van der Waals surface area contributed by atoms with Crippen molar-refractivity contribution in [3.8, 4) is 0 Å². The first-order valence-corrected chi connectivity index (χ1v) is 8.94. The van der Waals surface area contributed by atoms with Gasteiger partial charge in [0.15, 0.2) is 0 Å². The van der Waals surface area contributed by atoms with Crippen molar-refractivity contribution in [3.05, 3.63) is 30.1 Å². The fourth-order valence-electron chi connectivity index (χ4n) is 3.46. The second-order valence-corrected chi connectivity index (χ2v) is 6.65. The second-order valence-electron chi connectivity index (χ2n) is 6.65. The topological polar surface area (TPSA) is 47.6 Å². The minimum atomic E-state index is -0.194. The summed E-state index contributed by atoms with van der Waals surface area (Å²) in [5, 5.41) is 6.38. The standard InChI is InChI=1S/C18H27FN4O/c19-15-3-5-17(6-4-15)23-12-10-22(11-13-23)9-8-21-18(24)14-16-2-1-7-20-16/h3-6,16,20H,1-2,7-14H2,(H,21,24). The Morgan fingerprint density at radius 2 is 1.96 bits per heavy atom. The van der Waals surface area contributed by atoms with Crippen LogP contribution in [0.1, 0.15) is 19.3 Å². The van der Waals surface area contributed by atoms with Gasteiger partial charge in [0.05, 0.1) is 0 Å². The number of nitrogens with one attached hydrogen (secondary N) is 2. The molecule has 1 amide bonds. The van der Waals surface area contributed by atoms with Crippen LogP contribution in [-0.4, -0.2) is 62.7 Å². The third-order valence-electron chi connectivity index (χ3n) is 4.91. The van der Waals surface area contributed by atoms with Crippen LogP contribution in [0.25, 0.3) is 0 Å². The molecule has 1 unspecified atom stereocenters. The van der Waals surface area contributed by atoms with Gasteiger partial charge in [0.2, 0.25) is 5.91 Å². The number of anilines is 1. The van der Waals surface area contributed by atoms with E-state index in [4.69, 9.17) is 0 Å². The van der Waals surface area contributed by atoms with E-state index in [1.54, 1.807) is 0 Å². The highest BCUT2D eigenvalue weighted by Crippen LogP contribution is 2.16. The van der Waals surface area contributed by atoms with Crippen LogP contribution in [-0.2, 0) is 4.79 Å². The molecule has 24 heavy (non-hydrogen) atoms. The highest BCUT2D eigenvalue weighted by molar-refractivity contribution is 5.76. The number of amides is 1. The zero-order valence-corrected chi connectivity index (χ0v) is 14.1. The molecule has 2 N–H and O–H groups in total. The lowest BCUT2D eigenvalue weighted by atomic mass is 10.1. The summed E-state index contributed by atoms with van der Waals surface area (Å²) in [5.74, 6) is -0.0414. The molecule has 6 heteroatoms. The van der Waals surface area contributed by atoms with Crippen LogP contribution in [0, 0.1) is 5.82 Å². The lowest BCUT2D eigenvalue weighted by Crippen LogP contribution is -2.48. The van der Waals surface area contributed by atoms with E-state index in [1.807, 2.05) is 12.1 Å². The molecule has 5 nitrogen and oxygen atoms in total. The Morgan fingerprint density at radius 1 is 1.21 bits per heavy atom. The normalized spacial score (nSPS) is 21.9. The van der Waals surface area contributed by atoms with Crippen LogP contribution in [0.4, 0.5) is 10.1 Å². The van der Waals surface area contributed by atoms with E-state index < -0.39 is 0 Å². The van der Waals surface area contributed by atoms with Gasteiger partial charge in [0.1, 0.15) is 5.82 Å². The zero-order valence-electron chi connectivity index (χ0n) is 14.1. The molecule has 2 fully saturated rings. The summed E-state index contributed by atoms with van der Waals surface area (Å²) in [7, 11) is 0. The van der Waals surface area contributed by atoms with Crippen molar-refractivity contribution in [2.75, 3.05) is 50.7 Å². The van der Waals surface area contributed by atoms with Gasteiger partial charge in [0, 0.05) is 57.4 Å². The number of piperazine rings is 1. The summed E-state index contributed by atoms with van der Waals surface area (Å²) >= 11 is 0. The van der Waals surface area contributed by atoms with Gasteiger partial charge in [-0.25, -0.2) is 4.39 Å². The molecule has 0 bridgehead atoms. The fourth-order valence-corrected chi connectivity index (χ4v) is 3.46. The van der Waals surface area contributed by atoms with E-state index in [0.29, 0.717) is 19.0 Å². The average Bonchev–Trinajstić information content (AvgIpc) is 3.09. The van der Waals surface area contributed by atoms with E-state index in [2.05, 4.69) is 20.4 Å². The number of halogens is 1. The van der Waals surface area contributed by atoms with Gasteiger partial charge in [-0.2, -0.15) is 0 Å². The van der Waals surface area contributed by atoms with E-state index >= 15 is 0 Å². The largest absolute Gasteiger partial charge is 0.369 e. The Balaban J connectivity index is 1.32. The Hall–Kier alpha value is -1.66. The highest BCUT2D eigenvalue weighted by Gasteiger charge is 2.19. The molecule has 132 valence electrons. The van der Waals surface area contributed by atoms with Gasteiger partial charge in [0.25, 0.3) is 0 Å². The number of benzene rings is 1. The summed E-state index contributed by atoms with van der Waals surface area (Å²) in [5.41, 5.74) is 1.08. The molecule has 0 radical (unpaired) electrons. The molecule has 0 aliphatic carbocycles. The summed E-state index contributed by atoms with van der Waals surface area (Å²) in [6.07, 6.45) is 2.88. The van der Waals surface area contributed by atoms with Crippen molar-refractivity contribution in [3.63, 3.8) is 0 Å². The summed E-state index contributed by atoms with van der Waals surface area (Å²) < 4.78 is 13.0. The van der Waals surface area contributed by atoms with E-state index in [0.717, 1.165) is 51.4 Å². The van der Waals surface area contributed by atoms with Crippen molar-refractivity contribution >= 4 is 11.6 Å². The number of hydrogen-bond donors (Lipinski definition) is 2. The van der Waals surface area contributed by atoms with E-state index in [1.165, 1.54) is 18.6 Å². The minimum Gasteiger partial charge on any atom is -0.369 e. The van der Waals surface area contributed by atoms with Crippen LogP contribution >= 0.6 is 0 Å². The molecule has 1 atom stereocenters. The number of nitrogens with zero attached hydrogens (tertiary/aromatic N) is 2. The molecule has 2 heterocycles. The number of carbonyl (C=O) groups is 1. The molecule has 0 aromatic heterocycles. The van der Waals surface area contributed by atoms with Gasteiger partial charge in [-0.15, -0.1) is 0 Å². The average molecular weight is 334 g/mol. The second kappa shape index (κ2) is 8.44. The molecule has 3 rings (SSSR count). The smallest absolute Gasteiger partial charge is 0.221 e. The van der Waals surface area contributed by atoms with Crippen LogP contribution in [0.3, 0.4) is 0 Å². The van der Waals surface area contributed by atoms with Gasteiger partial charge in [-0.1, -0.05) is 0 Å². The maximum absolute atomic E-state index is 13.0. The quantitative estimate of drug-likeness (QED) is 0.821. The van der Waals surface area contributed by atoms with Crippen molar-refractivity contribution in [1.82, 2.24) is 15.5 Å². The maximum atomic E-state index is 13.0. The van der Waals surface area contributed by atoms with Gasteiger partial charge < -0.3 is 15.5 Å². The van der Waals surface area contributed by atoms with Crippen molar-refractivity contribution in [2.45, 2.75) is 25.3 Å². The maximum Gasteiger partial charge on any atom is 0.221 e. The van der Waals surface area contributed by atoms with Crippen LogP contribution in [0.2, 0.25) is 0 Å². The first-order valence-electron chi connectivity index (χ1n) is 8.94. The van der Waals surface area contributed by atoms with Gasteiger partial charge in [-0.05, 0) is 43.7 Å². The predicted octanol–water partition coefficient (Wildman–Crippen LogP) is 1.21. The summed E-state index contributed by atoms with van der Waals surface area (Å²) in [4.78, 5) is 16.5. The third kappa shape index (κ3) is 4.92. The van der Waals surface area contributed by atoms with Crippen LogP contribution in [0.15, 0.2) is 24.3 Å². The lowest BCUT2D eigenvalue weighted by molar-refractivity contribution is -0.121. The van der Waals surface area contributed by atoms with E-state index in [-0.39, 0.29) is 11.7 Å². The molecular weight excluding hydrogens is 307 g/mol. The van der Waals surface area contributed by atoms with Gasteiger partial charge >= 0.3 is 0 Å². The van der Waals surface area contributed by atoms with Crippen LogP contribution < -0.4 is 15.5 Å². The Morgan fingerprint density at radius 3 is 2.62 bits per heavy atom. The van der Waals surface area contributed by atoms with Crippen molar-refractivity contribution < 1.29 is 9.18 Å². The lowest BCUT2D eigenvalue weighted by Gasteiger charge is -2.36.